The largest absolute Gasteiger partial charge is 0.380 e. The predicted octanol–water partition coefficient (Wildman–Crippen LogP) is 6.87. The van der Waals surface area contributed by atoms with Crippen LogP contribution in [0.5, 0.6) is 0 Å². The minimum Gasteiger partial charge on any atom is -0.380 e. The van der Waals surface area contributed by atoms with Crippen LogP contribution in [0, 0.1) is 5.92 Å². The molecule has 0 radical (unpaired) electrons. The molecule has 3 fully saturated rings. The number of hydrogen-bond acceptors (Lipinski definition) is 8. The van der Waals surface area contributed by atoms with Gasteiger partial charge in [-0.2, -0.15) is 9.97 Å². The normalized spacial score (nSPS) is 22.7. The van der Waals surface area contributed by atoms with E-state index in [2.05, 4.69) is 64.9 Å². The molecule has 2 aliphatic carbocycles. The lowest BCUT2D eigenvalue weighted by molar-refractivity contribution is 0.139. The summed E-state index contributed by atoms with van der Waals surface area (Å²) in [7, 11) is 2.02. The van der Waals surface area contributed by atoms with E-state index in [0.29, 0.717) is 17.8 Å². The van der Waals surface area contributed by atoms with E-state index in [4.69, 9.17) is 18.7 Å². The Morgan fingerprint density at radius 1 is 1.02 bits per heavy atom. The molecule has 8 rings (SSSR count). The highest BCUT2D eigenvalue weighted by molar-refractivity contribution is 6.97. The highest BCUT2D eigenvalue weighted by Crippen LogP contribution is 2.56. The molecule has 2 atom stereocenters. The molecule has 10 heteroatoms. The molecule has 2 N–H and O–H groups in total. The fourth-order valence-corrected chi connectivity index (χ4v) is 7.33. The summed E-state index contributed by atoms with van der Waals surface area (Å²) in [5.41, 5.74) is 7.08. The summed E-state index contributed by atoms with van der Waals surface area (Å²) in [6.45, 7) is 6.91. The summed E-state index contributed by atoms with van der Waals surface area (Å²) in [6, 6.07) is 15.2. The highest BCUT2D eigenvalue weighted by atomic mass is 32.1. The minimum atomic E-state index is 0.0976. The molecule has 2 aliphatic heterocycles. The van der Waals surface area contributed by atoms with Crippen molar-refractivity contribution in [2.75, 3.05) is 48.4 Å². The van der Waals surface area contributed by atoms with Crippen LogP contribution in [0.3, 0.4) is 0 Å². The Bertz CT molecular complexity index is 1670. The van der Waals surface area contributed by atoms with Gasteiger partial charge in [0.05, 0.1) is 12.1 Å². The first-order valence-electron chi connectivity index (χ1n) is 15.5. The molecule has 220 valence electrons. The molecular formula is C32H39N7O2S. The lowest BCUT2D eigenvalue weighted by Gasteiger charge is -2.25. The molecule has 2 aromatic carbocycles. The van der Waals surface area contributed by atoms with Crippen molar-refractivity contribution in [3.05, 3.63) is 53.6 Å². The lowest BCUT2D eigenvalue weighted by atomic mass is 10.0. The van der Waals surface area contributed by atoms with Crippen molar-refractivity contribution in [2.45, 2.75) is 56.8 Å². The first-order chi connectivity index (χ1) is 20.6. The average molecular weight is 586 g/mol. The monoisotopic (exact) mass is 585 g/mol. The second-order valence-corrected chi connectivity index (χ2v) is 13.4. The van der Waals surface area contributed by atoms with Gasteiger partial charge < -0.3 is 20.3 Å². The van der Waals surface area contributed by atoms with E-state index in [-0.39, 0.29) is 5.41 Å². The number of aryl methyl sites for hydroxylation is 1. The minimum absolute atomic E-state index is 0.0976. The summed E-state index contributed by atoms with van der Waals surface area (Å²) < 4.78 is 16.1. The van der Waals surface area contributed by atoms with Crippen molar-refractivity contribution in [3.63, 3.8) is 0 Å². The van der Waals surface area contributed by atoms with Gasteiger partial charge in [-0.1, -0.05) is 19.1 Å². The zero-order valence-electron chi connectivity index (χ0n) is 24.4. The zero-order valence-corrected chi connectivity index (χ0v) is 25.3. The van der Waals surface area contributed by atoms with Crippen molar-refractivity contribution in [1.82, 2.24) is 18.7 Å². The van der Waals surface area contributed by atoms with E-state index in [1.165, 1.54) is 47.9 Å². The van der Waals surface area contributed by atoms with E-state index < -0.39 is 0 Å². The molecule has 4 aliphatic rings. The van der Waals surface area contributed by atoms with E-state index in [1.807, 2.05) is 15.7 Å². The molecule has 1 spiro atoms. The number of anilines is 4. The molecule has 4 aromatic rings. The fourth-order valence-electron chi connectivity index (χ4n) is 6.78. The molecule has 2 saturated carbocycles. The molecule has 0 bridgehead atoms. The van der Waals surface area contributed by atoms with Crippen molar-refractivity contribution >= 4 is 46.0 Å². The van der Waals surface area contributed by atoms with Gasteiger partial charge in [-0.05, 0) is 86.3 Å². The third-order valence-electron chi connectivity index (χ3n) is 9.60. The summed E-state index contributed by atoms with van der Waals surface area (Å²) in [5.74, 6) is 3.57. The quantitative estimate of drug-likeness (QED) is 0.264. The summed E-state index contributed by atoms with van der Waals surface area (Å²) in [6.07, 6.45) is 7.08. The molecule has 2 unspecified atom stereocenters. The number of hydrogen-bond donors (Lipinski definition) is 2. The molecule has 42 heavy (non-hydrogen) atoms. The number of nitrogens with one attached hydrogen (secondary N) is 2. The van der Waals surface area contributed by atoms with Gasteiger partial charge in [0.1, 0.15) is 11.3 Å². The second kappa shape index (κ2) is 10.3. The number of aromatic nitrogens is 4. The van der Waals surface area contributed by atoms with Gasteiger partial charge in [-0.3, -0.25) is 7.91 Å². The van der Waals surface area contributed by atoms with Crippen LogP contribution in [0.15, 0.2) is 46.4 Å². The number of ether oxygens (including phenoxy) is 1. The number of fused-ring (bicyclic) bond motifs is 3. The van der Waals surface area contributed by atoms with E-state index >= 15 is 0 Å². The highest BCUT2D eigenvalue weighted by Gasteiger charge is 2.52. The van der Waals surface area contributed by atoms with Gasteiger partial charge >= 0.3 is 0 Å². The van der Waals surface area contributed by atoms with Crippen LogP contribution in [-0.4, -0.2) is 51.5 Å². The third-order valence-corrected chi connectivity index (χ3v) is 10.2. The maximum atomic E-state index is 6.27. The number of rotatable bonds is 5. The number of nitrogens with zero attached hydrogens (tertiary/aromatic N) is 5. The summed E-state index contributed by atoms with van der Waals surface area (Å²) in [4.78, 5) is 12.7. The van der Waals surface area contributed by atoms with Crippen molar-refractivity contribution < 1.29 is 8.69 Å². The standard InChI is InChI=1S/C32H39N7O2S/c1-21-18-23(21)24-19-22(38-14-6-3-7-16-40-17-15-38)10-11-25(24)34-31-35-29-28(32(12-13-32)20-33-29)30(36-31)39-27-9-5-4-8-26(27)37(2)42-41-39/h4-5,8-11,19,21,23H,3,6-7,12-18,20H2,1-2H3,(H2,33,34,35,36). The Morgan fingerprint density at radius 2 is 1.88 bits per heavy atom. The molecule has 1 saturated heterocycles. The summed E-state index contributed by atoms with van der Waals surface area (Å²) in [5, 5.41) is 7.27. The number of para-hydroxylation sites is 2. The van der Waals surface area contributed by atoms with Gasteiger partial charge in [-0.15, -0.1) is 4.74 Å². The Balaban J connectivity index is 1.19. The van der Waals surface area contributed by atoms with Crippen LogP contribution >= 0.6 is 11.8 Å². The summed E-state index contributed by atoms with van der Waals surface area (Å²) >= 11 is 1.32. The van der Waals surface area contributed by atoms with Gasteiger partial charge in [0.15, 0.2) is 17.6 Å². The molecule has 9 nitrogen and oxygen atoms in total. The smallest absolute Gasteiger partial charge is 0.231 e. The van der Waals surface area contributed by atoms with Crippen molar-refractivity contribution in [3.8, 4) is 5.82 Å². The first kappa shape index (κ1) is 26.2. The average Bonchev–Trinajstić information content (AvgIpc) is 3.90. The Labute approximate surface area is 250 Å². The van der Waals surface area contributed by atoms with E-state index in [0.717, 1.165) is 80.5 Å². The Kier molecular flexibility index (Phi) is 6.44. The maximum Gasteiger partial charge on any atom is 0.231 e. The van der Waals surface area contributed by atoms with Crippen LogP contribution in [0.4, 0.5) is 23.1 Å². The third kappa shape index (κ3) is 4.65. The van der Waals surface area contributed by atoms with Crippen LogP contribution in [0.1, 0.15) is 62.5 Å². The van der Waals surface area contributed by atoms with E-state index in [9.17, 15) is 0 Å². The van der Waals surface area contributed by atoms with E-state index in [1.54, 1.807) is 0 Å². The number of benzene rings is 2. The zero-order chi connectivity index (χ0) is 28.3. The van der Waals surface area contributed by atoms with Gasteiger partial charge in [-0.25, -0.2) is 0 Å². The molecule has 2 aromatic heterocycles. The van der Waals surface area contributed by atoms with Crippen LogP contribution in [0.2, 0.25) is 0 Å². The topological polar surface area (TPSA) is 85.3 Å². The van der Waals surface area contributed by atoms with Crippen LogP contribution < -0.4 is 15.5 Å². The fraction of sp³-hybridized carbons (Fsp3) is 0.500. The SMILES string of the molecule is CC1CC1c1cc(N2CCCCCOCC2)ccc1Nc1nc2c(c(-n3osn(C)c4ccccc43)n1)C1(CC1)CN2. The molecular weight excluding hydrogens is 546 g/mol. The maximum absolute atomic E-state index is 6.27. The molecule has 0 amide bonds. The van der Waals surface area contributed by atoms with Gasteiger partial charge in [0.25, 0.3) is 0 Å². The lowest BCUT2D eigenvalue weighted by Crippen LogP contribution is -2.28. The Hall–Kier alpha value is -3.50. The predicted molar refractivity (Wildman–Crippen MR) is 168 cm³/mol. The van der Waals surface area contributed by atoms with Crippen LogP contribution in [-0.2, 0) is 17.2 Å². The van der Waals surface area contributed by atoms with Crippen LogP contribution in [0.25, 0.3) is 16.9 Å². The van der Waals surface area contributed by atoms with Crippen molar-refractivity contribution in [2.24, 2.45) is 13.0 Å². The Morgan fingerprint density at radius 3 is 2.71 bits per heavy atom. The van der Waals surface area contributed by atoms with Gasteiger partial charge in [0, 0.05) is 55.6 Å². The van der Waals surface area contributed by atoms with Gasteiger partial charge in [0.2, 0.25) is 5.95 Å². The second-order valence-electron chi connectivity index (χ2n) is 12.5. The first-order valence-corrected chi connectivity index (χ1v) is 16.2. The van der Waals surface area contributed by atoms with Crippen molar-refractivity contribution in [1.29, 1.82) is 0 Å². The molecule has 4 heterocycles.